The predicted molar refractivity (Wildman–Crippen MR) is 106 cm³/mol. The molecule has 0 fully saturated rings. The van der Waals surface area contributed by atoms with Crippen molar-refractivity contribution in [2.24, 2.45) is 0 Å². The molecule has 1 amide bonds. The summed E-state index contributed by atoms with van der Waals surface area (Å²) >= 11 is 1.59. The summed E-state index contributed by atoms with van der Waals surface area (Å²) in [5, 5.41) is 15.3. The number of aromatic hydroxyl groups is 1. The van der Waals surface area contributed by atoms with Gasteiger partial charge < -0.3 is 10.4 Å². The topological polar surface area (TPSA) is 62.2 Å². The number of benzene rings is 2. The fraction of sp³-hybridized carbons (Fsp3) is 0.238. The lowest BCUT2D eigenvalue weighted by Gasteiger charge is -2.12. The molecule has 3 aromatic rings. The summed E-state index contributed by atoms with van der Waals surface area (Å²) in [6.07, 6.45) is 1.85. The van der Waals surface area contributed by atoms with E-state index in [0.29, 0.717) is 0 Å². The molecule has 0 saturated carbocycles. The zero-order chi connectivity index (χ0) is 18.5. The van der Waals surface area contributed by atoms with Crippen molar-refractivity contribution in [2.75, 3.05) is 0 Å². The average molecular weight is 366 g/mol. The number of carbonyl (C=O) groups is 1. The quantitative estimate of drug-likeness (QED) is 0.668. The molecule has 1 aromatic heterocycles. The number of carbonyl (C=O) groups excluding carboxylic acids is 1. The predicted octanol–water partition coefficient (Wildman–Crippen LogP) is 4.64. The number of rotatable bonds is 6. The van der Waals surface area contributed by atoms with Gasteiger partial charge in [0, 0.05) is 29.5 Å². The second-order valence-electron chi connectivity index (χ2n) is 6.42. The largest absolute Gasteiger partial charge is 0.508 e. The third kappa shape index (κ3) is 4.70. The fourth-order valence-electron chi connectivity index (χ4n) is 2.79. The van der Waals surface area contributed by atoms with Crippen LogP contribution in [0.2, 0.25) is 0 Å². The Hall–Kier alpha value is -2.66. The maximum absolute atomic E-state index is 11.1. The summed E-state index contributed by atoms with van der Waals surface area (Å²) in [5.74, 6) is 0.273. The van der Waals surface area contributed by atoms with Gasteiger partial charge in [0.05, 0.1) is 5.69 Å². The van der Waals surface area contributed by atoms with Gasteiger partial charge in [0.2, 0.25) is 5.91 Å². The minimum absolute atomic E-state index is 0.0146. The van der Waals surface area contributed by atoms with Gasteiger partial charge in [-0.2, -0.15) is 0 Å². The van der Waals surface area contributed by atoms with Gasteiger partial charge in [-0.1, -0.05) is 24.3 Å². The Labute approximate surface area is 157 Å². The van der Waals surface area contributed by atoms with Crippen LogP contribution in [-0.4, -0.2) is 22.0 Å². The van der Waals surface area contributed by atoms with Crippen LogP contribution >= 0.6 is 11.3 Å². The summed E-state index contributed by atoms with van der Waals surface area (Å²) in [6.45, 7) is 3.57. The third-order valence-corrected chi connectivity index (χ3v) is 5.08. The van der Waals surface area contributed by atoms with Gasteiger partial charge in [-0.15, -0.1) is 11.3 Å². The normalized spacial score (nSPS) is 11.9. The number of phenols is 1. The maximum atomic E-state index is 11.1. The molecule has 2 N–H and O–H groups in total. The number of thiazole rings is 1. The van der Waals surface area contributed by atoms with Crippen molar-refractivity contribution < 1.29 is 9.90 Å². The molecular weight excluding hydrogens is 344 g/mol. The lowest BCUT2D eigenvalue weighted by Crippen LogP contribution is -2.30. The number of aromatic nitrogens is 1. The Morgan fingerprint density at radius 1 is 1.12 bits per heavy atom. The molecule has 1 heterocycles. The summed E-state index contributed by atoms with van der Waals surface area (Å²) in [7, 11) is 0. The first kappa shape index (κ1) is 18.1. The van der Waals surface area contributed by atoms with Crippen molar-refractivity contribution in [3.8, 4) is 27.6 Å². The van der Waals surface area contributed by atoms with Crippen molar-refractivity contribution in [1.82, 2.24) is 10.3 Å². The molecule has 3 rings (SSSR count). The number of hydrogen-bond donors (Lipinski definition) is 2. The van der Waals surface area contributed by atoms with Crippen LogP contribution in [-0.2, 0) is 11.2 Å². The first-order valence-corrected chi connectivity index (χ1v) is 9.50. The molecule has 1 atom stereocenters. The molecule has 134 valence electrons. The summed E-state index contributed by atoms with van der Waals surface area (Å²) in [4.78, 5) is 15.8. The van der Waals surface area contributed by atoms with Crippen LogP contribution in [0.3, 0.4) is 0 Å². The number of aryl methyl sites for hydroxylation is 1. The molecule has 0 radical (unpaired) electrons. The minimum atomic E-state index is 0.0146. The number of hydrogen-bond acceptors (Lipinski definition) is 4. The fourth-order valence-corrected chi connectivity index (χ4v) is 3.62. The lowest BCUT2D eigenvalue weighted by atomic mass is 10.0. The standard InChI is InChI=1S/C21H22N2O2S/c1-14(22-15(2)24)3-4-16-5-7-17(8-6-16)20-13-26-21(23-20)18-9-11-19(25)12-10-18/h5-14,25H,3-4H2,1-2H3,(H,22,24)/t14-/m0/s1. The van der Waals surface area contributed by atoms with Crippen molar-refractivity contribution >= 4 is 17.2 Å². The van der Waals surface area contributed by atoms with E-state index in [4.69, 9.17) is 4.98 Å². The van der Waals surface area contributed by atoms with E-state index in [1.165, 1.54) is 5.56 Å². The van der Waals surface area contributed by atoms with E-state index in [1.807, 2.05) is 19.1 Å². The van der Waals surface area contributed by atoms with Gasteiger partial charge in [0.25, 0.3) is 0 Å². The molecule has 4 nitrogen and oxygen atoms in total. The lowest BCUT2D eigenvalue weighted by molar-refractivity contribution is -0.119. The highest BCUT2D eigenvalue weighted by Gasteiger charge is 2.08. The molecule has 0 aliphatic heterocycles. The van der Waals surface area contributed by atoms with Gasteiger partial charge in [-0.05, 0) is 49.6 Å². The smallest absolute Gasteiger partial charge is 0.217 e. The molecule has 0 spiro atoms. The third-order valence-electron chi connectivity index (χ3n) is 4.18. The highest BCUT2D eigenvalue weighted by atomic mass is 32.1. The molecular formula is C21H22N2O2S. The van der Waals surface area contributed by atoms with Gasteiger partial charge in [0.1, 0.15) is 10.8 Å². The van der Waals surface area contributed by atoms with Crippen molar-refractivity contribution in [2.45, 2.75) is 32.7 Å². The second kappa shape index (κ2) is 8.15. The molecule has 26 heavy (non-hydrogen) atoms. The van der Waals surface area contributed by atoms with Crippen LogP contribution in [0, 0.1) is 0 Å². The molecule has 0 bridgehead atoms. The monoisotopic (exact) mass is 366 g/mol. The molecule has 5 heteroatoms. The first-order chi connectivity index (χ1) is 12.5. The maximum Gasteiger partial charge on any atom is 0.217 e. The molecule has 0 aliphatic carbocycles. The van der Waals surface area contributed by atoms with E-state index >= 15 is 0 Å². The Kier molecular flexibility index (Phi) is 5.68. The summed E-state index contributed by atoms with van der Waals surface area (Å²) in [5.41, 5.74) is 4.30. The Bertz CT molecular complexity index is 870. The zero-order valence-corrected chi connectivity index (χ0v) is 15.7. The molecule has 0 aliphatic rings. The van der Waals surface area contributed by atoms with Crippen LogP contribution in [0.5, 0.6) is 5.75 Å². The summed E-state index contributed by atoms with van der Waals surface area (Å²) in [6, 6.07) is 15.7. The highest BCUT2D eigenvalue weighted by Crippen LogP contribution is 2.29. The van der Waals surface area contributed by atoms with E-state index in [-0.39, 0.29) is 17.7 Å². The van der Waals surface area contributed by atoms with Gasteiger partial charge in [-0.3, -0.25) is 4.79 Å². The number of nitrogens with one attached hydrogen (secondary N) is 1. The van der Waals surface area contributed by atoms with Gasteiger partial charge >= 0.3 is 0 Å². The van der Waals surface area contributed by atoms with Gasteiger partial charge in [-0.25, -0.2) is 4.98 Å². The average Bonchev–Trinajstić information content (AvgIpc) is 3.10. The van der Waals surface area contributed by atoms with Crippen LogP contribution in [0.15, 0.2) is 53.9 Å². The number of nitrogens with zero attached hydrogens (tertiary/aromatic N) is 1. The Morgan fingerprint density at radius 2 is 1.77 bits per heavy atom. The van der Waals surface area contributed by atoms with Crippen molar-refractivity contribution in [1.29, 1.82) is 0 Å². The number of phenolic OH excluding ortho intramolecular Hbond substituents is 1. The second-order valence-corrected chi connectivity index (χ2v) is 7.28. The van der Waals surface area contributed by atoms with E-state index in [9.17, 15) is 9.90 Å². The number of amides is 1. The molecule has 0 saturated heterocycles. The van der Waals surface area contributed by atoms with Crippen molar-refractivity contribution in [3.63, 3.8) is 0 Å². The van der Waals surface area contributed by atoms with Crippen LogP contribution < -0.4 is 5.32 Å². The van der Waals surface area contributed by atoms with E-state index in [0.717, 1.165) is 34.7 Å². The molecule has 0 unspecified atom stereocenters. The molecule has 2 aromatic carbocycles. The van der Waals surface area contributed by atoms with Crippen molar-refractivity contribution in [3.05, 3.63) is 59.5 Å². The highest BCUT2D eigenvalue weighted by molar-refractivity contribution is 7.13. The summed E-state index contributed by atoms with van der Waals surface area (Å²) < 4.78 is 0. The Morgan fingerprint density at radius 3 is 2.42 bits per heavy atom. The van der Waals surface area contributed by atoms with Crippen LogP contribution in [0.1, 0.15) is 25.8 Å². The van der Waals surface area contributed by atoms with Crippen LogP contribution in [0.25, 0.3) is 21.8 Å². The van der Waals surface area contributed by atoms with Gasteiger partial charge in [0.15, 0.2) is 0 Å². The van der Waals surface area contributed by atoms with E-state index in [1.54, 1.807) is 30.4 Å². The Balaban J connectivity index is 1.65. The SMILES string of the molecule is CC(=O)N[C@@H](C)CCc1ccc(-c2csc(-c3ccc(O)cc3)n2)cc1. The van der Waals surface area contributed by atoms with Crippen LogP contribution in [0.4, 0.5) is 0 Å². The zero-order valence-electron chi connectivity index (χ0n) is 14.9. The van der Waals surface area contributed by atoms with E-state index in [2.05, 4.69) is 35.0 Å². The first-order valence-electron chi connectivity index (χ1n) is 8.62. The van der Waals surface area contributed by atoms with E-state index < -0.39 is 0 Å². The minimum Gasteiger partial charge on any atom is -0.508 e.